The van der Waals surface area contributed by atoms with Crippen LogP contribution in [0.5, 0.6) is 0 Å². The summed E-state index contributed by atoms with van der Waals surface area (Å²) in [6.45, 7) is 8.63. The van der Waals surface area contributed by atoms with Crippen LogP contribution >= 0.6 is 0 Å². The summed E-state index contributed by atoms with van der Waals surface area (Å²) in [5.74, 6) is -0.699. The fourth-order valence-corrected chi connectivity index (χ4v) is 3.33. The quantitative estimate of drug-likeness (QED) is 0.639. The highest BCUT2D eigenvalue weighted by Gasteiger charge is 2.41. The smallest absolute Gasteiger partial charge is 0.303 e. The van der Waals surface area contributed by atoms with Crippen molar-refractivity contribution in [2.45, 2.75) is 78.3 Å². The van der Waals surface area contributed by atoms with Crippen LogP contribution in [0.2, 0.25) is 0 Å². The zero-order chi connectivity index (χ0) is 18.3. The van der Waals surface area contributed by atoms with E-state index in [2.05, 4.69) is 19.2 Å². The Morgan fingerprint density at radius 2 is 1.92 bits per heavy atom. The maximum absolute atomic E-state index is 12.8. The highest BCUT2D eigenvalue weighted by molar-refractivity contribution is 5.97. The molecule has 0 saturated carbocycles. The first-order valence-electron chi connectivity index (χ1n) is 9.14. The molecule has 0 aliphatic carbocycles. The molecule has 24 heavy (non-hydrogen) atoms. The van der Waals surface area contributed by atoms with Crippen LogP contribution < -0.4 is 5.32 Å². The van der Waals surface area contributed by atoms with Gasteiger partial charge in [0.1, 0.15) is 12.1 Å². The van der Waals surface area contributed by atoms with Crippen molar-refractivity contribution < 1.29 is 19.5 Å². The fraction of sp³-hybridized carbons (Fsp3) is 0.833. The molecule has 6 heteroatoms. The van der Waals surface area contributed by atoms with Crippen molar-refractivity contribution in [1.29, 1.82) is 0 Å². The molecule has 2 N–H and O–H groups in total. The molecule has 6 nitrogen and oxygen atoms in total. The Bertz CT molecular complexity index is 450. The molecule has 0 aromatic carbocycles. The number of carbonyl (C=O) groups excluding carboxylic acids is 2. The van der Waals surface area contributed by atoms with Gasteiger partial charge in [0.15, 0.2) is 0 Å². The van der Waals surface area contributed by atoms with E-state index in [1.54, 1.807) is 4.90 Å². The van der Waals surface area contributed by atoms with Crippen LogP contribution in [-0.2, 0) is 14.4 Å². The first-order chi connectivity index (χ1) is 11.3. The number of rotatable bonds is 10. The Hall–Kier alpha value is -1.59. The van der Waals surface area contributed by atoms with Gasteiger partial charge in [-0.2, -0.15) is 0 Å². The predicted octanol–water partition coefficient (Wildman–Crippen LogP) is 2.42. The van der Waals surface area contributed by atoms with Gasteiger partial charge in [-0.1, -0.05) is 47.0 Å². The van der Waals surface area contributed by atoms with Crippen LogP contribution in [0, 0.1) is 11.8 Å². The number of aliphatic carboxylic acids is 1. The summed E-state index contributed by atoms with van der Waals surface area (Å²) in [7, 11) is 0. The molecule has 0 bridgehead atoms. The highest BCUT2D eigenvalue weighted by atomic mass is 16.4. The summed E-state index contributed by atoms with van der Waals surface area (Å²) in [5.41, 5.74) is 0. The average molecular weight is 340 g/mol. The highest BCUT2D eigenvalue weighted by Crippen LogP contribution is 2.22. The molecular formula is C18H32N2O4. The Balaban J connectivity index is 2.87. The monoisotopic (exact) mass is 340 g/mol. The molecule has 2 amide bonds. The lowest BCUT2D eigenvalue weighted by atomic mass is 9.93. The molecular weight excluding hydrogens is 308 g/mol. The van der Waals surface area contributed by atoms with Gasteiger partial charge in [0.05, 0.1) is 0 Å². The van der Waals surface area contributed by atoms with E-state index in [9.17, 15) is 14.4 Å². The van der Waals surface area contributed by atoms with Crippen LogP contribution in [-0.4, -0.2) is 46.4 Å². The van der Waals surface area contributed by atoms with E-state index < -0.39 is 18.1 Å². The van der Waals surface area contributed by atoms with Gasteiger partial charge in [0.2, 0.25) is 11.8 Å². The van der Waals surface area contributed by atoms with Crippen LogP contribution in [0.1, 0.15) is 66.2 Å². The van der Waals surface area contributed by atoms with E-state index in [4.69, 9.17) is 5.11 Å². The lowest BCUT2D eigenvalue weighted by Gasteiger charge is -2.40. The van der Waals surface area contributed by atoms with Crippen molar-refractivity contribution in [3.8, 4) is 0 Å². The summed E-state index contributed by atoms with van der Waals surface area (Å²) < 4.78 is 0. The first kappa shape index (κ1) is 20.5. The summed E-state index contributed by atoms with van der Waals surface area (Å²) >= 11 is 0. The first-order valence-corrected chi connectivity index (χ1v) is 9.14. The molecule has 1 fully saturated rings. The Kier molecular flexibility index (Phi) is 8.22. The van der Waals surface area contributed by atoms with Crippen LogP contribution in [0.25, 0.3) is 0 Å². The van der Waals surface area contributed by atoms with Crippen molar-refractivity contribution in [1.82, 2.24) is 10.2 Å². The van der Waals surface area contributed by atoms with Gasteiger partial charge in [-0.05, 0) is 24.7 Å². The number of nitrogens with zero attached hydrogens (tertiary/aromatic N) is 1. The molecule has 3 atom stereocenters. The maximum Gasteiger partial charge on any atom is 0.303 e. The van der Waals surface area contributed by atoms with Crippen molar-refractivity contribution in [3.05, 3.63) is 0 Å². The molecule has 0 radical (unpaired) electrons. The number of nitrogens with one attached hydrogen (secondary N) is 1. The zero-order valence-electron chi connectivity index (χ0n) is 15.4. The van der Waals surface area contributed by atoms with Crippen LogP contribution in [0.4, 0.5) is 0 Å². The summed E-state index contributed by atoms with van der Waals surface area (Å²) in [5, 5.41) is 11.7. The molecule has 1 aliphatic rings. The number of carboxylic acid groups (broad SMARTS) is 1. The zero-order valence-corrected chi connectivity index (χ0v) is 15.4. The predicted molar refractivity (Wildman–Crippen MR) is 92.4 cm³/mol. The maximum atomic E-state index is 12.8. The van der Waals surface area contributed by atoms with Crippen molar-refractivity contribution in [3.63, 3.8) is 0 Å². The second-order valence-corrected chi connectivity index (χ2v) is 7.06. The lowest BCUT2D eigenvalue weighted by Crippen LogP contribution is -2.64. The normalized spacial score (nSPS) is 22.6. The Labute approximate surface area is 145 Å². The third-order valence-electron chi connectivity index (χ3n) is 4.88. The van der Waals surface area contributed by atoms with E-state index in [0.29, 0.717) is 12.5 Å². The molecule has 0 aromatic heterocycles. The van der Waals surface area contributed by atoms with E-state index in [0.717, 1.165) is 25.7 Å². The molecule has 1 unspecified atom stereocenters. The van der Waals surface area contributed by atoms with Gasteiger partial charge >= 0.3 is 5.97 Å². The SMILES string of the molecule is CCCC(CC)CCN1C(=O)[C@H](C(C)C)NC(=O)[C@@H]1CCC(=O)O. The van der Waals surface area contributed by atoms with Crippen LogP contribution in [0.3, 0.4) is 0 Å². The second-order valence-electron chi connectivity index (χ2n) is 7.06. The molecule has 138 valence electrons. The van der Waals surface area contributed by atoms with Gasteiger partial charge in [0, 0.05) is 13.0 Å². The van der Waals surface area contributed by atoms with E-state index in [-0.39, 0.29) is 30.6 Å². The molecule has 1 rings (SSSR count). The van der Waals surface area contributed by atoms with Crippen molar-refractivity contribution >= 4 is 17.8 Å². The number of hydrogen-bond donors (Lipinski definition) is 2. The largest absolute Gasteiger partial charge is 0.481 e. The topological polar surface area (TPSA) is 86.7 Å². The third-order valence-corrected chi connectivity index (χ3v) is 4.88. The van der Waals surface area contributed by atoms with Gasteiger partial charge in [-0.25, -0.2) is 0 Å². The molecule has 0 spiro atoms. The van der Waals surface area contributed by atoms with Gasteiger partial charge < -0.3 is 15.3 Å². The minimum absolute atomic E-state index is 0.0157. The van der Waals surface area contributed by atoms with Gasteiger partial charge in [-0.15, -0.1) is 0 Å². The minimum Gasteiger partial charge on any atom is -0.481 e. The number of carboxylic acids is 1. The number of amides is 2. The summed E-state index contributed by atoms with van der Waals surface area (Å²) in [4.78, 5) is 37.7. The van der Waals surface area contributed by atoms with Crippen molar-refractivity contribution in [2.24, 2.45) is 11.8 Å². The Morgan fingerprint density at radius 1 is 1.25 bits per heavy atom. The Morgan fingerprint density at radius 3 is 2.42 bits per heavy atom. The lowest BCUT2D eigenvalue weighted by molar-refractivity contribution is -0.152. The van der Waals surface area contributed by atoms with E-state index in [1.807, 2.05) is 13.8 Å². The second kappa shape index (κ2) is 9.64. The van der Waals surface area contributed by atoms with E-state index >= 15 is 0 Å². The molecule has 1 aliphatic heterocycles. The fourth-order valence-electron chi connectivity index (χ4n) is 3.33. The van der Waals surface area contributed by atoms with E-state index in [1.165, 1.54) is 0 Å². The van der Waals surface area contributed by atoms with Crippen LogP contribution in [0.15, 0.2) is 0 Å². The molecule has 1 saturated heterocycles. The molecule has 0 aromatic rings. The van der Waals surface area contributed by atoms with Crippen molar-refractivity contribution in [2.75, 3.05) is 6.54 Å². The van der Waals surface area contributed by atoms with Gasteiger partial charge in [0.25, 0.3) is 0 Å². The number of hydrogen-bond acceptors (Lipinski definition) is 3. The molecule has 1 heterocycles. The summed E-state index contributed by atoms with van der Waals surface area (Å²) in [6, 6.07) is -1.17. The summed E-state index contributed by atoms with van der Waals surface area (Å²) in [6.07, 6.45) is 4.18. The average Bonchev–Trinajstić information content (AvgIpc) is 2.52. The van der Waals surface area contributed by atoms with Gasteiger partial charge in [-0.3, -0.25) is 14.4 Å². The minimum atomic E-state index is -0.946. The number of carbonyl (C=O) groups is 3. The third kappa shape index (κ3) is 5.49. The number of piperazine rings is 1. The standard InChI is InChI=1S/C18H32N2O4/c1-5-7-13(6-2)10-11-20-14(8-9-15(21)22)17(23)19-16(12(3)4)18(20)24/h12-14,16H,5-11H2,1-4H3,(H,19,23)(H,21,22)/t13?,14-,16-/m0/s1.